The van der Waals surface area contributed by atoms with Crippen molar-refractivity contribution in [3.8, 4) is 5.75 Å². The molecule has 2 aliphatic rings. The minimum absolute atomic E-state index is 0.203. The molecular weight excluding hydrogens is 473 g/mol. The lowest BCUT2D eigenvalue weighted by molar-refractivity contribution is -0.274. The summed E-state index contributed by atoms with van der Waals surface area (Å²) in [5, 5.41) is 8.01. The molecule has 0 fully saturated rings. The highest BCUT2D eigenvalue weighted by atomic mass is 19.4. The molecule has 0 aromatic heterocycles. The number of amides is 2. The third kappa shape index (κ3) is 4.42. The molecule has 0 saturated heterocycles. The fourth-order valence-electron chi connectivity index (χ4n) is 4.16. The number of ether oxygens (including phenoxy) is 2. The van der Waals surface area contributed by atoms with E-state index < -0.39 is 35.4 Å². The monoisotopic (exact) mass is 489 g/mol. The van der Waals surface area contributed by atoms with Crippen molar-refractivity contribution >= 4 is 17.4 Å². The number of carbonyl (C=O) groups is 1. The van der Waals surface area contributed by atoms with Crippen molar-refractivity contribution in [2.24, 2.45) is 5.10 Å². The average Bonchev–Trinajstić information content (AvgIpc) is 3.13. The van der Waals surface area contributed by atoms with Gasteiger partial charge in [-0.05, 0) is 65.7 Å². The largest absolute Gasteiger partial charge is 0.573 e. The fourth-order valence-corrected chi connectivity index (χ4v) is 4.16. The van der Waals surface area contributed by atoms with Crippen molar-refractivity contribution in [2.45, 2.75) is 18.4 Å². The van der Waals surface area contributed by atoms with E-state index in [4.69, 9.17) is 4.74 Å². The average molecular weight is 489 g/mol. The normalized spacial score (nSPS) is 19.0. The summed E-state index contributed by atoms with van der Waals surface area (Å²) in [6.45, 7) is -0.279. The number of nitrogens with one attached hydrogen (secondary N) is 1. The molecule has 0 spiro atoms. The van der Waals surface area contributed by atoms with Gasteiger partial charge in [-0.15, -0.1) is 13.2 Å². The molecule has 0 bridgehead atoms. The van der Waals surface area contributed by atoms with E-state index in [1.807, 2.05) is 0 Å². The second-order valence-corrected chi connectivity index (χ2v) is 7.94. The number of nitrogens with zero attached hydrogens (tertiary/aromatic N) is 2. The lowest BCUT2D eigenvalue weighted by Crippen LogP contribution is -2.48. The molecule has 3 aromatic carbocycles. The van der Waals surface area contributed by atoms with Crippen LogP contribution in [0.3, 0.4) is 0 Å². The quantitative estimate of drug-likeness (QED) is 0.492. The predicted molar refractivity (Wildman–Crippen MR) is 115 cm³/mol. The second kappa shape index (κ2) is 8.35. The number of alkyl halides is 3. The van der Waals surface area contributed by atoms with E-state index in [9.17, 15) is 26.7 Å². The maximum atomic E-state index is 13.9. The molecule has 1 N–H and O–H groups in total. The summed E-state index contributed by atoms with van der Waals surface area (Å²) < 4.78 is 74.4. The molecule has 35 heavy (non-hydrogen) atoms. The molecule has 1 aliphatic carbocycles. The molecule has 1 aliphatic heterocycles. The summed E-state index contributed by atoms with van der Waals surface area (Å²) in [7, 11) is 0. The number of anilines is 1. The Hall–Kier alpha value is -3.99. The molecule has 11 heteroatoms. The number of hydrogen-bond donors (Lipinski definition) is 1. The maximum absolute atomic E-state index is 13.9. The first-order valence-corrected chi connectivity index (χ1v) is 10.4. The van der Waals surface area contributed by atoms with Crippen LogP contribution in [-0.4, -0.2) is 29.8 Å². The standard InChI is InChI=1S/C24H16F5N3O3/c25-16-3-1-15(2-4-16)23-12-14-11-17(26)5-10-20(14)21(23)31-32(13-34-23)22(33)30-18-6-8-19(9-7-18)35-24(27,28)29/h1-11H,12-13H2,(H,30,33). The SMILES string of the molecule is O=C(Nc1ccc(OC(F)(F)F)cc1)N1COC2(c3ccc(F)cc3)Cc3cc(F)ccc3C2=N1. The number of benzene rings is 3. The van der Waals surface area contributed by atoms with Crippen LogP contribution in [0.4, 0.5) is 32.4 Å². The lowest BCUT2D eigenvalue weighted by atomic mass is 9.88. The van der Waals surface area contributed by atoms with Crippen molar-refractivity contribution < 1.29 is 36.2 Å². The molecule has 0 saturated carbocycles. The zero-order valence-electron chi connectivity index (χ0n) is 17.8. The van der Waals surface area contributed by atoms with Crippen LogP contribution in [0.15, 0.2) is 71.8 Å². The molecule has 0 radical (unpaired) electrons. The van der Waals surface area contributed by atoms with Gasteiger partial charge in [-0.25, -0.2) is 13.6 Å². The minimum Gasteiger partial charge on any atom is -0.406 e. The number of hydrogen-bond acceptors (Lipinski definition) is 4. The van der Waals surface area contributed by atoms with Gasteiger partial charge in [0.15, 0.2) is 0 Å². The highest BCUT2D eigenvalue weighted by molar-refractivity contribution is 6.12. The fraction of sp³-hybridized carbons (Fsp3) is 0.167. The van der Waals surface area contributed by atoms with Crippen LogP contribution in [-0.2, 0) is 16.8 Å². The van der Waals surface area contributed by atoms with Crippen LogP contribution in [0.1, 0.15) is 16.7 Å². The summed E-state index contributed by atoms with van der Waals surface area (Å²) in [4.78, 5) is 12.8. The van der Waals surface area contributed by atoms with Gasteiger partial charge in [-0.1, -0.05) is 12.1 Å². The summed E-state index contributed by atoms with van der Waals surface area (Å²) in [6.07, 6.45) is -4.59. The molecular formula is C24H16F5N3O3. The van der Waals surface area contributed by atoms with Gasteiger partial charge in [0.2, 0.25) is 0 Å². The Morgan fingerprint density at radius 3 is 2.37 bits per heavy atom. The maximum Gasteiger partial charge on any atom is 0.573 e. The Bertz CT molecular complexity index is 1310. The number of halogens is 5. The van der Waals surface area contributed by atoms with E-state index in [2.05, 4.69) is 15.2 Å². The number of urea groups is 1. The third-order valence-corrected chi connectivity index (χ3v) is 5.68. The van der Waals surface area contributed by atoms with Gasteiger partial charge in [0.25, 0.3) is 0 Å². The summed E-state index contributed by atoms with van der Waals surface area (Å²) in [6, 6.07) is 13.7. The molecule has 1 atom stereocenters. The highest BCUT2D eigenvalue weighted by Gasteiger charge is 2.49. The molecule has 180 valence electrons. The lowest BCUT2D eigenvalue weighted by Gasteiger charge is -2.37. The zero-order valence-corrected chi connectivity index (χ0v) is 17.8. The molecule has 6 nitrogen and oxygen atoms in total. The van der Waals surface area contributed by atoms with Crippen LogP contribution >= 0.6 is 0 Å². The third-order valence-electron chi connectivity index (χ3n) is 5.68. The van der Waals surface area contributed by atoms with E-state index in [-0.39, 0.29) is 18.8 Å². The molecule has 1 unspecified atom stereocenters. The van der Waals surface area contributed by atoms with E-state index in [0.29, 0.717) is 22.4 Å². The molecule has 1 heterocycles. The number of fused-ring (bicyclic) bond motifs is 3. The van der Waals surface area contributed by atoms with Gasteiger partial charge >= 0.3 is 12.4 Å². The smallest absolute Gasteiger partial charge is 0.406 e. The summed E-state index contributed by atoms with van der Waals surface area (Å²) >= 11 is 0. The zero-order chi connectivity index (χ0) is 24.8. The highest BCUT2D eigenvalue weighted by Crippen LogP contribution is 2.44. The van der Waals surface area contributed by atoms with Gasteiger partial charge < -0.3 is 14.8 Å². The van der Waals surface area contributed by atoms with E-state index in [0.717, 1.165) is 17.1 Å². The van der Waals surface area contributed by atoms with Crippen molar-refractivity contribution in [2.75, 3.05) is 12.0 Å². The topological polar surface area (TPSA) is 63.2 Å². The van der Waals surface area contributed by atoms with E-state index >= 15 is 0 Å². The summed E-state index contributed by atoms with van der Waals surface area (Å²) in [5.41, 5.74) is 1.22. The number of hydrazone groups is 1. The number of carbonyl (C=O) groups excluding carboxylic acids is 1. The van der Waals surface area contributed by atoms with Crippen molar-refractivity contribution in [3.63, 3.8) is 0 Å². The van der Waals surface area contributed by atoms with E-state index in [1.54, 1.807) is 18.2 Å². The van der Waals surface area contributed by atoms with Crippen LogP contribution in [0.5, 0.6) is 5.75 Å². The first-order valence-electron chi connectivity index (χ1n) is 10.4. The minimum atomic E-state index is -4.83. The Balaban J connectivity index is 1.43. The van der Waals surface area contributed by atoms with Crippen LogP contribution < -0.4 is 10.1 Å². The van der Waals surface area contributed by atoms with Gasteiger partial charge in [0.05, 0.1) is 0 Å². The van der Waals surface area contributed by atoms with Gasteiger partial charge in [0.1, 0.15) is 35.4 Å². The number of rotatable bonds is 3. The van der Waals surface area contributed by atoms with Crippen LogP contribution in [0.2, 0.25) is 0 Å². The Labute approximate surface area is 195 Å². The van der Waals surface area contributed by atoms with Crippen molar-refractivity contribution in [3.05, 3.63) is 95.1 Å². The van der Waals surface area contributed by atoms with Gasteiger partial charge in [-0.3, -0.25) is 0 Å². The summed E-state index contributed by atoms with van der Waals surface area (Å²) in [5.74, 6) is -1.31. The van der Waals surface area contributed by atoms with Crippen LogP contribution in [0.25, 0.3) is 0 Å². The van der Waals surface area contributed by atoms with Crippen molar-refractivity contribution in [1.82, 2.24) is 5.01 Å². The molecule has 3 aromatic rings. The second-order valence-electron chi connectivity index (χ2n) is 7.94. The van der Waals surface area contributed by atoms with Gasteiger partial charge in [0, 0.05) is 17.7 Å². The Kier molecular flexibility index (Phi) is 5.43. The van der Waals surface area contributed by atoms with Gasteiger partial charge in [-0.2, -0.15) is 10.1 Å². The predicted octanol–water partition coefficient (Wildman–Crippen LogP) is 5.54. The Morgan fingerprint density at radius 2 is 1.69 bits per heavy atom. The van der Waals surface area contributed by atoms with E-state index in [1.165, 1.54) is 36.4 Å². The molecule has 2 amide bonds. The first kappa shape index (κ1) is 22.8. The Morgan fingerprint density at radius 1 is 1.00 bits per heavy atom. The molecule has 5 rings (SSSR count). The first-order chi connectivity index (χ1) is 16.6. The van der Waals surface area contributed by atoms with Crippen LogP contribution in [0, 0.1) is 11.6 Å². The van der Waals surface area contributed by atoms with Crippen molar-refractivity contribution in [1.29, 1.82) is 0 Å².